The van der Waals surface area contributed by atoms with Crippen LogP contribution < -0.4 is 4.90 Å². The fourth-order valence-electron chi connectivity index (χ4n) is 6.87. The van der Waals surface area contributed by atoms with Crippen LogP contribution in [0.15, 0.2) is 164 Å². The lowest BCUT2D eigenvalue weighted by molar-refractivity contribution is 1.32. The van der Waals surface area contributed by atoms with Crippen LogP contribution >= 0.6 is 11.3 Å². The third-order valence-electron chi connectivity index (χ3n) is 8.83. The van der Waals surface area contributed by atoms with E-state index in [9.17, 15) is 0 Å². The van der Waals surface area contributed by atoms with Gasteiger partial charge in [0.15, 0.2) is 0 Å². The second kappa shape index (κ2) is 10.1. The minimum absolute atomic E-state index is 1.16. The number of para-hydroxylation sites is 1. The molecular weight excluding hydrogens is 551 g/mol. The van der Waals surface area contributed by atoms with Crippen LogP contribution in [0.25, 0.3) is 63.6 Å². The molecule has 0 spiro atoms. The molecule has 8 aromatic carbocycles. The van der Waals surface area contributed by atoms with Gasteiger partial charge in [-0.2, -0.15) is 0 Å². The standard InChI is InChI=1S/C42H27NS/c1-4-17-31-28(13-1)15-11-25-38(31)43(40-27-29-14-2-3-16-30(29)32-18-5-6-19-33(32)40)39-24-9-7-20-34(39)36-22-12-23-37-35-21-8-10-26-41(35)44-42(36)37/h1-27H. The van der Waals surface area contributed by atoms with Crippen molar-refractivity contribution in [3.8, 4) is 11.1 Å². The molecule has 0 saturated carbocycles. The van der Waals surface area contributed by atoms with Crippen LogP contribution in [0.4, 0.5) is 17.1 Å². The monoisotopic (exact) mass is 577 g/mol. The van der Waals surface area contributed by atoms with Crippen molar-refractivity contribution in [1.29, 1.82) is 0 Å². The van der Waals surface area contributed by atoms with Crippen molar-refractivity contribution < 1.29 is 0 Å². The van der Waals surface area contributed by atoms with Gasteiger partial charge in [0.25, 0.3) is 0 Å². The van der Waals surface area contributed by atoms with E-state index in [0.29, 0.717) is 0 Å². The van der Waals surface area contributed by atoms with E-state index in [-0.39, 0.29) is 0 Å². The van der Waals surface area contributed by atoms with Crippen LogP contribution in [0, 0.1) is 0 Å². The van der Waals surface area contributed by atoms with Crippen LogP contribution in [0.2, 0.25) is 0 Å². The SMILES string of the molecule is c1ccc(N(c2cccc3ccccc23)c2cc3ccccc3c3ccccc23)c(-c2cccc3c2sc2ccccc23)c1. The average Bonchev–Trinajstić information content (AvgIpc) is 3.48. The van der Waals surface area contributed by atoms with Gasteiger partial charge in [-0.25, -0.2) is 0 Å². The summed E-state index contributed by atoms with van der Waals surface area (Å²) in [6.45, 7) is 0. The van der Waals surface area contributed by atoms with Gasteiger partial charge in [-0.3, -0.25) is 0 Å². The molecule has 0 atom stereocenters. The molecule has 1 nitrogen and oxygen atoms in total. The first kappa shape index (κ1) is 25.1. The second-order valence-electron chi connectivity index (χ2n) is 11.3. The predicted octanol–water partition coefficient (Wildman–Crippen LogP) is 12.7. The molecule has 0 N–H and O–H groups in total. The summed E-state index contributed by atoms with van der Waals surface area (Å²) in [5.74, 6) is 0. The zero-order valence-corrected chi connectivity index (χ0v) is 24.8. The Bertz CT molecular complexity index is 2520. The van der Waals surface area contributed by atoms with Crippen molar-refractivity contribution >= 4 is 80.9 Å². The summed E-state index contributed by atoms with van der Waals surface area (Å²) in [6, 6.07) is 59.8. The van der Waals surface area contributed by atoms with E-state index < -0.39 is 0 Å². The van der Waals surface area contributed by atoms with E-state index in [1.165, 1.54) is 75.0 Å². The normalized spacial score (nSPS) is 11.6. The predicted molar refractivity (Wildman–Crippen MR) is 192 cm³/mol. The van der Waals surface area contributed by atoms with Gasteiger partial charge in [-0.05, 0) is 45.8 Å². The van der Waals surface area contributed by atoms with E-state index in [0.717, 1.165) is 5.69 Å². The van der Waals surface area contributed by atoms with Crippen LogP contribution in [0.5, 0.6) is 0 Å². The molecule has 9 rings (SSSR count). The summed E-state index contributed by atoms with van der Waals surface area (Å²) < 4.78 is 2.64. The third-order valence-corrected chi connectivity index (χ3v) is 10.1. The molecule has 1 heterocycles. The minimum Gasteiger partial charge on any atom is -0.309 e. The topological polar surface area (TPSA) is 3.24 Å². The number of hydrogen-bond donors (Lipinski definition) is 0. The first-order valence-electron chi connectivity index (χ1n) is 15.0. The Morgan fingerprint density at radius 2 is 0.909 bits per heavy atom. The smallest absolute Gasteiger partial charge is 0.0546 e. The molecule has 0 aliphatic heterocycles. The zero-order valence-electron chi connectivity index (χ0n) is 23.9. The highest BCUT2D eigenvalue weighted by atomic mass is 32.1. The number of rotatable bonds is 4. The number of hydrogen-bond acceptors (Lipinski definition) is 2. The van der Waals surface area contributed by atoms with Gasteiger partial charge >= 0.3 is 0 Å². The molecule has 44 heavy (non-hydrogen) atoms. The molecule has 0 bridgehead atoms. The maximum atomic E-state index is 2.50. The molecule has 0 radical (unpaired) electrons. The van der Waals surface area contributed by atoms with E-state index >= 15 is 0 Å². The van der Waals surface area contributed by atoms with Gasteiger partial charge in [0, 0.05) is 42.1 Å². The van der Waals surface area contributed by atoms with Crippen molar-refractivity contribution in [2.24, 2.45) is 0 Å². The molecule has 0 amide bonds. The molecule has 0 unspecified atom stereocenters. The lowest BCUT2D eigenvalue weighted by Crippen LogP contribution is -2.12. The van der Waals surface area contributed by atoms with Gasteiger partial charge in [0.1, 0.15) is 0 Å². The molecule has 206 valence electrons. The summed E-state index contributed by atoms with van der Waals surface area (Å²) >= 11 is 1.88. The van der Waals surface area contributed by atoms with Crippen molar-refractivity contribution in [3.05, 3.63) is 164 Å². The van der Waals surface area contributed by atoms with Crippen LogP contribution in [0.3, 0.4) is 0 Å². The lowest BCUT2D eigenvalue weighted by Gasteiger charge is -2.30. The second-order valence-corrected chi connectivity index (χ2v) is 12.3. The van der Waals surface area contributed by atoms with Gasteiger partial charge in [0.05, 0.1) is 17.1 Å². The molecule has 0 saturated heterocycles. The molecule has 0 aliphatic carbocycles. The van der Waals surface area contributed by atoms with Gasteiger partial charge in [-0.1, -0.05) is 140 Å². The number of anilines is 3. The van der Waals surface area contributed by atoms with Crippen LogP contribution in [0.1, 0.15) is 0 Å². The summed E-state index contributed by atoms with van der Waals surface area (Å²) in [5, 5.41) is 10.1. The Balaban J connectivity index is 1.41. The summed E-state index contributed by atoms with van der Waals surface area (Å²) in [5.41, 5.74) is 5.98. The van der Waals surface area contributed by atoms with Crippen molar-refractivity contribution in [1.82, 2.24) is 0 Å². The maximum Gasteiger partial charge on any atom is 0.0546 e. The number of fused-ring (bicyclic) bond motifs is 7. The fourth-order valence-corrected chi connectivity index (χ4v) is 8.10. The lowest BCUT2D eigenvalue weighted by atomic mass is 9.96. The summed E-state index contributed by atoms with van der Waals surface area (Å²) in [4.78, 5) is 2.50. The van der Waals surface area contributed by atoms with Crippen LogP contribution in [-0.4, -0.2) is 0 Å². The Kier molecular flexibility index (Phi) is 5.75. The quantitative estimate of drug-likeness (QED) is 0.188. The largest absolute Gasteiger partial charge is 0.309 e. The Hall–Kier alpha value is -5.44. The molecule has 2 heteroatoms. The average molecular weight is 578 g/mol. The first-order chi connectivity index (χ1) is 21.8. The highest BCUT2D eigenvalue weighted by molar-refractivity contribution is 7.26. The van der Waals surface area contributed by atoms with Gasteiger partial charge < -0.3 is 4.90 Å². The van der Waals surface area contributed by atoms with Crippen molar-refractivity contribution in [2.45, 2.75) is 0 Å². The van der Waals surface area contributed by atoms with Crippen LogP contribution in [-0.2, 0) is 0 Å². The number of thiophene rings is 1. The molecular formula is C42H27NS. The summed E-state index contributed by atoms with van der Waals surface area (Å²) in [7, 11) is 0. The Labute approximate surface area is 259 Å². The molecule has 0 fully saturated rings. The van der Waals surface area contributed by atoms with Crippen molar-refractivity contribution in [2.75, 3.05) is 4.90 Å². The summed E-state index contributed by atoms with van der Waals surface area (Å²) in [6.07, 6.45) is 0. The third kappa shape index (κ3) is 3.85. The maximum absolute atomic E-state index is 2.50. The Morgan fingerprint density at radius 1 is 0.341 bits per heavy atom. The van der Waals surface area contributed by atoms with Gasteiger partial charge in [0.2, 0.25) is 0 Å². The number of nitrogens with zero attached hydrogens (tertiary/aromatic N) is 1. The van der Waals surface area contributed by atoms with Gasteiger partial charge in [-0.15, -0.1) is 11.3 Å². The zero-order chi connectivity index (χ0) is 29.0. The first-order valence-corrected chi connectivity index (χ1v) is 15.8. The fraction of sp³-hybridized carbons (Fsp3) is 0. The van der Waals surface area contributed by atoms with E-state index in [2.05, 4.69) is 169 Å². The minimum atomic E-state index is 1.16. The van der Waals surface area contributed by atoms with E-state index in [4.69, 9.17) is 0 Å². The number of benzene rings is 8. The molecule has 1 aromatic heterocycles. The molecule has 9 aromatic rings. The van der Waals surface area contributed by atoms with E-state index in [1.807, 2.05) is 11.3 Å². The van der Waals surface area contributed by atoms with E-state index in [1.54, 1.807) is 0 Å². The highest BCUT2D eigenvalue weighted by Gasteiger charge is 2.23. The van der Waals surface area contributed by atoms with Crippen molar-refractivity contribution in [3.63, 3.8) is 0 Å². The highest BCUT2D eigenvalue weighted by Crippen LogP contribution is 2.49. The Morgan fingerprint density at radius 3 is 1.80 bits per heavy atom. The molecule has 0 aliphatic rings.